The van der Waals surface area contributed by atoms with E-state index in [1.54, 1.807) is 0 Å². The quantitative estimate of drug-likeness (QED) is 0.143. The molecule has 0 heterocycles. The van der Waals surface area contributed by atoms with E-state index in [0.29, 0.717) is 0 Å². The van der Waals surface area contributed by atoms with Crippen molar-refractivity contribution < 1.29 is 0 Å². The number of anilines is 6. The molecule has 8 rings (SSSR count). The van der Waals surface area contributed by atoms with Crippen LogP contribution in [0.15, 0.2) is 146 Å². The average molecular weight is 751 g/mol. The highest BCUT2D eigenvalue weighted by atomic mass is 28.4. The fraction of sp³-hybridized carbons (Fsp3) is 0.216. The number of rotatable bonds is 8. The monoisotopic (exact) mass is 750 g/mol. The molecule has 55 heavy (non-hydrogen) atoms. The van der Waals surface area contributed by atoms with Crippen molar-refractivity contribution in [3.63, 3.8) is 0 Å². The lowest BCUT2D eigenvalue weighted by atomic mass is 9.95. The van der Waals surface area contributed by atoms with Gasteiger partial charge in [-0.1, -0.05) is 140 Å². The Morgan fingerprint density at radius 1 is 0.382 bits per heavy atom. The van der Waals surface area contributed by atoms with Gasteiger partial charge < -0.3 is 9.80 Å². The number of hydrogen-bond donors (Lipinski definition) is 0. The van der Waals surface area contributed by atoms with E-state index in [2.05, 4.69) is 222 Å². The fourth-order valence-corrected chi connectivity index (χ4v) is 22.9. The second kappa shape index (κ2) is 13.5. The zero-order chi connectivity index (χ0) is 38.9. The summed E-state index contributed by atoms with van der Waals surface area (Å²) < 4.78 is -0.0715. The largest absolute Gasteiger partial charge is 0.310 e. The van der Waals surface area contributed by atoms with Gasteiger partial charge in [0.25, 0.3) is 0 Å². The lowest BCUT2D eigenvalue weighted by Gasteiger charge is -2.51. The summed E-state index contributed by atoms with van der Waals surface area (Å²) in [7, 11) is -4.07. The predicted octanol–water partition coefficient (Wildman–Crippen LogP) is 15.0. The molecule has 2 nitrogen and oxygen atoms in total. The summed E-state index contributed by atoms with van der Waals surface area (Å²) in [4.78, 5) is 4.97. The number of benzene rings is 7. The van der Waals surface area contributed by atoms with Crippen molar-refractivity contribution in [1.29, 1.82) is 0 Å². The molecule has 0 fully saturated rings. The van der Waals surface area contributed by atoms with Gasteiger partial charge in [0.2, 0.25) is 0 Å². The molecule has 1 aliphatic rings. The van der Waals surface area contributed by atoms with Gasteiger partial charge in [0, 0.05) is 38.5 Å². The van der Waals surface area contributed by atoms with Crippen LogP contribution in [0.4, 0.5) is 34.1 Å². The van der Waals surface area contributed by atoms with Gasteiger partial charge in [-0.05, 0) is 122 Å². The standard InChI is InChI=1S/C51H54N2Si2/c1-35-15-23-39(24-16-35)52(40-25-17-36(2)18-26-40)43-31-32-46-47(33-43)51(54(5,6)7,55(8,9)10)48-34-49(44-13-11-12-14-45(44)50(46)48)53(41-27-19-37(3)20-28-41)42-29-21-38(4)22-30-42/h11-34H,1-10H3. The van der Waals surface area contributed by atoms with Gasteiger partial charge in [0.05, 0.1) is 21.8 Å². The summed E-state index contributed by atoms with van der Waals surface area (Å²) in [6.07, 6.45) is 0. The van der Waals surface area contributed by atoms with Crippen molar-refractivity contribution >= 4 is 61.0 Å². The Morgan fingerprint density at radius 3 is 1.18 bits per heavy atom. The lowest BCUT2D eigenvalue weighted by Crippen LogP contribution is -2.63. The van der Waals surface area contributed by atoms with Gasteiger partial charge in [-0.2, -0.15) is 0 Å². The van der Waals surface area contributed by atoms with Crippen LogP contribution in [0.3, 0.4) is 0 Å². The summed E-state index contributed by atoms with van der Waals surface area (Å²) in [5, 5.41) is 2.61. The van der Waals surface area contributed by atoms with Crippen molar-refractivity contribution in [2.45, 2.75) is 71.6 Å². The van der Waals surface area contributed by atoms with E-state index in [1.807, 2.05) is 0 Å². The van der Waals surface area contributed by atoms with E-state index in [9.17, 15) is 0 Å². The van der Waals surface area contributed by atoms with Crippen molar-refractivity contribution in [1.82, 2.24) is 0 Å². The zero-order valence-electron chi connectivity index (χ0n) is 34.3. The van der Waals surface area contributed by atoms with Crippen LogP contribution in [0.1, 0.15) is 33.4 Å². The highest BCUT2D eigenvalue weighted by Gasteiger charge is 2.59. The van der Waals surface area contributed by atoms with E-state index >= 15 is 0 Å². The van der Waals surface area contributed by atoms with Crippen LogP contribution in [0.2, 0.25) is 39.3 Å². The third-order valence-corrected chi connectivity index (χ3v) is 22.1. The topological polar surface area (TPSA) is 6.48 Å². The molecular weight excluding hydrogens is 697 g/mol. The van der Waals surface area contributed by atoms with Gasteiger partial charge >= 0.3 is 0 Å². The van der Waals surface area contributed by atoms with E-state index in [4.69, 9.17) is 0 Å². The molecule has 4 heteroatoms. The summed E-state index contributed by atoms with van der Waals surface area (Å²) in [5.74, 6) is 0. The maximum Gasteiger partial charge on any atom is 0.0579 e. The van der Waals surface area contributed by atoms with E-state index in [0.717, 1.165) is 0 Å². The third-order valence-electron chi connectivity index (χ3n) is 12.0. The van der Waals surface area contributed by atoms with Crippen LogP contribution in [0.25, 0.3) is 21.9 Å². The Hall–Kier alpha value is -5.17. The minimum Gasteiger partial charge on any atom is -0.310 e. The molecule has 276 valence electrons. The molecule has 0 amide bonds. The fourth-order valence-electron chi connectivity index (χ4n) is 9.86. The van der Waals surface area contributed by atoms with Gasteiger partial charge in [-0.25, -0.2) is 0 Å². The smallest absolute Gasteiger partial charge is 0.0579 e. The Bertz CT molecular complexity index is 2410. The van der Waals surface area contributed by atoms with E-state index in [-0.39, 0.29) is 4.66 Å². The van der Waals surface area contributed by atoms with Crippen molar-refractivity contribution in [2.75, 3.05) is 9.80 Å². The van der Waals surface area contributed by atoms with Crippen LogP contribution >= 0.6 is 0 Å². The third kappa shape index (κ3) is 6.07. The number of nitrogens with zero attached hydrogens (tertiary/aromatic N) is 2. The highest BCUT2D eigenvalue weighted by Crippen LogP contribution is 2.61. The van der Waals surface area contributed by atoms with Crippen molar-refractivity contribution in [3.8, 4) is 11.1 Å². The summed E-state index contributed by atoms with van der Waals surface area (Å²) in [6.45, 7) is 24.4. The normalized spacial score (nSPS) is 13.4. The molecule has 0 atom stereocenters. The molecule has 0 aliphatic heterocycles. The Morgan fingerprint density at radius 2 is 0.764 bits per heavy atom. The minimum absolute atomic E-state index is 0.0715. The molecule has 0 N–H and O–H groups in total. The Labute approximate surface area is 331 Å². The molecule has 0 saturated carbocycles. The molecular formula is C51H54N2Si2. The molecule has 0 bridgehead atoms. The molecule has 0 radical (unpaired) electrons. The van der Waals surface area contributed by atoms with Gasteiger partial charge in [-0.15, -0.1) is 0 Å². The molecule has 0 unspecified atom stereocenters. The summed E-state index contributed by atoms with van der Waals surface area (Å²) in [5.41, 5.74) is 18.1. The lowest BCUT2D eigenvalue weighted by molar-refractivity contribution is 0.952. The number of fused-ring (bicyclic) bond motifs is 5. The Kier molecular flexibility index (Phi) is 9.06. The first-order valence-electron chi connectivity index (χ1n) is 19.8. The summed E-state index contributed by atoms with van der Waals surface area (Å²) in [6, 6.07) is 55.4. The van der Waals surface area contributed by atoms with Crippen molar-refractivity contribution in [2.24, 2.45) is 0 Å². The maximum atomic E-state index is 2.63. The van der Waals surface area contributed by atoms with Crippen LogP contribution < -0.4 is 9.80 Å². The minimum atomic E-state index is -2.04. The first-order chi connectivity index (χ1) is 26.2. The summed E-state index contributed by atoms with van der Waals surface area (Å²) >= 11 is 0. The first kappa shape index (κ1) is 36.8. The van der Waals surface area contributed by atoms with E-state index in [1.165, 1.54) is 89.4 Å². The molecule has 7 aromatic rings. The van der Waals surface area contributed by atoms with Crippen LogP contribution in [-0.2, 0) is 4.66 Å². The molecule has 1 aliphatic carbocycles. The SMILES string of the molecule is Cc1ccc(N(c2ccc(C)cc2)c2ccc3c(c2)C([Si](C)(C)C)([Si](C)(C)C)c2cc(N(c4ccc(C)cc4)c4ccc(C)cc4)c4ccccc4c2-3)cc1. The molecule has 7 aromatic carbocycles. The number of aryl methyl sites for hydroxylation is 4. The zero-order valence-corrected chi connectivity index (χ0v) is 36.3. The Balaban J connectivity index is 1.46. The van der Waals surface area contributed by atoms with E-state index < -0.39 is 16.1 Å². The highest BCUT2D eigenvalue weighted by molar-refractivity contribution is 6.99. The van der Waals surface area contributed by atoms with Crippen molar-refractivity contribution in [3.05, 3.63) is 179 Å². The molecule has 0 spiro atoms. The van der Waals surface area contributed by atoms with Gasteiger partial charge in [-0.3, -0.25) is 0 Å². The average Bonchev–Trinajstić information content (AvgIpc) is 3.46. The number of hydrogen-bond acceptors (Lipinski definition) is 2. The molecule has 0 saturated heterocycles. The first-order valence-corrected chi connectivity index (χ1v) is 26.8. The second-order valence-corrected chi connectivity index (χ2v) is 28.9. The predicted molar refractivity (Wildman–Crippen MR) is 245 cm³/mol. The van der Waals surface area contributed by atoms with Crippen LogP contribution in [0.5, 0.6) is 0 Å². The second-order valence-electron chi connectivity index (χ2n) is 17.9. The van der Waals surface area contributed by atoms with Crippen LogP contribution in [0, 0.1) is 27.7 Å². The van der Waals surface area contributed by atoms with Gasteiger partial charge in [0.1, 0.15) is 0 Å². The van der Waals surface area contributed by atoms with Crippen LogP contribution in [-0.4, -0.2) is 16.1 Å². The van der Waals surface area contributed by atoms with Gasteiger partial charge in [0.15, 0.2) is 0 Å². The maximum absolute atomic E-state index is 2.63. The molecule has 0 aromatic heterocycles.